The smallest absolute Gasteiger partial charge is 0.231 e. The van der Waals surface area contributed by atoms with Crippen molar-refractivity contribution in [3.63, 3.8) is 0 Å². The number of aryl methyl sites for hydroxylation is 1. The van der Waals surface area contributed by atoms with Crippen LogP contribution in [0.1, 0.15) is 19.7 Å². The van der Waals surface area contributed by atoms with Gasteiger partial charge in [0.2, 0.25) is 17.2 Å². The summed E-state index contributed by atoms with van der Waals surface area (Å²) in [6.45, 7) is 6.10. The zero-order valence-electron chi connectivity index (χ0n) is 11.7. The molecule has 0 amide bonds. The summed E-state index contributed by atoms with van der Waals surface area (Å²) < 4.78 is 1.64. The fourth-order valence-electron chi connectivity index (χ4n) is 1.69. The van der Waals surface area contributed by atoms with Crippen molar-refractivity contribution in [3.05, 3.63) is 17.4 Å². The predicted octanol–water partition coefficient (Wildman–Crippen LogP) is 1.11. The molecule has 0 radical (unpaired) electrons. The summed E-state index contributed by atoms with van der Waals surface area (Å²) in [5.74, 6) is 1.64. The first-order chi connectivity index (χ1) is 9.62. The molecule has 108 valence electrons. The van der Waals surface area contributed by atoms with Crippen LogP contribution in [0.15, 0.2) is 6.33 Å². The molecule has 0 spiro atoms. The molecule has 0 saturated carbocycles. The van der Waals surface area contributed by atoms with Gasteiger partial charge in [0.25, 0.3) is 0 Å². The van der Waals surface area contributed by atoms with Gasteiger partial charge < -0.3 is 10.2 Å². The van der Waals surface area contributed by atoms with E-state index in [9.17, 15) is 0 Å². The van der Waals surface area contributed by atoms with Crippen molar-refractivity contribution in [3.8, 4) is 0 Å². The van der Waals surface area contributed by atoms with E-state index in [1.54, 1.807) is 11.0 Å². The second-order valence-corrected chi connectivity index (χ2v) is 4.43. The van der Waals surface area contributed by atoms with Crippen LogP contribution >= 0.6 is 11.6 Å². The van der Waals surface area contributed by atoms with E-state index in [4.69, 9.17) is 11.6 Å². The van der Waals surface area contributed by atoms with Crippen LogP contribution in [0.2, 0.25) is 5.28 Å². The van der Waals surface area contributed by atoms with Crippen molar-refractivity contribution in [1.82, 2.24) is 29.7 Å². The quantitative estimate of drug-likeness (QED) is 0.854. The first-order valence-electron chi connectivity index (χ1n) is 6.37. The van der Waals surface area contributed by atoms with E-state index < -0.39 is 0 Å². The second-order valence-electron chi connectivity index (χ2n) is 4.09. The van der Waals surface area contributed by atoms with E-state index in [-0.39, 0.29) is 5.28 Å². The van der Waals surface area contributed by atoms with Gasteiger partial charge >= 0.3 is 0 Å². The lowest BCUT2D eigenvalue weighted by atomic mass is 10.5. The lowest BCUT2D eigenvalue weighted by Crippen LogP contribution is -2.25. The SMILES string of the molecule is CCN(CC)c1nc(Cl)nc(NCc2ncn(C)n2)n1. The Balaban J connectivity index is 2.11. The Morgan fingerprint density at radius 2 is 2.00 bits per heavy atom. The summed E-state index contributed by atoms with van der Waals surface area (Å²) >= 11 is 5.93. The van der Waals surface area contributed by atoms with Crippen molar-refractivity contribution in [2.45, 2.75) is 20.4 Å². The Labute approximate surface area is 122 Å². The number of rotatable bonds is 6. The average molecular weight is 297 g/mol. The van der Waals surface area contributed by atoms with Crippen LogP contribution in [0.25, 0.3) is 0 Å². The molecule has 0 aliphatic heterocycles. The summed E-state index contributed by atoms with van der Waals surface area (Å²) in [6.07, 6.45) is 1.64. The maximum atomic E-state index is 5.93. The van der Waals surface area contributed by atoms with Crippen LogP contribution < -0.4 is 10.2 Å². The van der Waals surface area contributed by atoms with Crippen LogP contribution in [0.4, 0.5) is 11.9 Å². The van der Waals surface area contributed by atoms with Gasteiger partial charge in [0.15, 0.2) is 5.82 Å². The first-order valence-corrected chi connectivity index (χ1v) is 6.75. The highest BCUT2D eigenvalue weighted by Crippen LogP contribution is 2.13. The number of anilines is 2. The largest absolute Gasteiger partial charge is 0.347 e. The van der Waals surface area contributed by atoms with Gasteiger partial charge in [-0.1, -0.05) is 0 Å². The lowest BCUT2D eigenvalue weighted by molar-refractivity contribution is 0.745. The molecule has 8 nitrogen and oxygen atoms in total. The maximum absolute atomic E-state index is 5.93. The van der Waals surface area contributed by atoms with Gasteiger partial charge in [-0.2, -0.15) is 20.1 Å². The van der Waals surface area contributed by atoms with E-state index in [2.05, 4.69) is 30.4 Å². The molecular weight excluding hydrogens is 280 g/mol. The van der Waals surface area contributed by atoms with Crippen molar-refractivity contribution in [2.24, 2.45) is 7.05 Å². The van der Waals surface area contributed by atoms with E-state index in [1.807, 2.05) is 25.8 Å². The van der Waals surface area contributed by atoms with Gasteiger partial charge in [-0.05, 0) is 25.4 Å². The molecule has 0 atom stereocenters. The Kier molecular flexibility index (Phi) is 4.67. The number of nitrogens with one attached hydrogen (secondary N) is 1. The van der Waals surface area contributed by atoms with Gasteiger partial charge in [0.1, 0.15) is 6.33 Å². The standard InChI is InChI=1S/C11H17ClN8/c1-4-20(5-2)11-16-9(12)15-10(17-11)13-6-8-14-7-19(3)18-8/h7H,4-6H2,1-3H3,(H,13,15,16,17). The molecule has 1 N–H and O–H groups in total. The molecule has 9 heteroatoms. The Hall–Kier alpha value is -1.96. The van der Waals surface area contributed by atoms with E-state index >= 15 is 0 Å². The second kappa shape index (κ2) is 6.47. The van der Waals surface area contributed by atoms with Crippen LogP contribution in [0.5, 0.6) is 0 Å². The molecule has 2 heterocycles. The first kappa shape index (κ1) is 14.4. The number of aromatic nitrogens is 6. The maximum Gasteiger partial charge on any atom is 0.231 e. The number of halogens is 1. The molecule has 2 aromatic rings. The highest BCUT2D eigenvalue weighted by molar-refractivity contribution is 6.28. The summed E-state index contributed by atoms with van der Waals surface area (Å²) in [5, 5.41) is 7.38. The fraction of sp³-hybridized carbons (Fsp3) is 0.545. The van der Waals surface area contributed by atoms with E-state index in [0.29, 0.717) is 24.3 Å². The molecule has 0 aliphatic rings. The summed E-state index contributed by atoms with van der Waals surface area (Å²) in [6, 6.07) is 0. The third kappa shape index (κ3) is 3.53. The van der Waals surface area contributed by atoms with Gasteiger partial charge in [0, 0.05) is 20.1 Å². The molecular formula is C11H17ClN8. The molecule has 0 aromatic carbocycles. The van der Waals surface area contributed by atoms with Crippen LogP contribution in [-0.4, -0.2) is 42.8 Å². The zero-order valence-corrected chi connectivity index (χ0v) is 12.5. The summed E-state index contributed by atoms with van der Waals surface area (Å²) in [4.78, 5) is 18.6. The van der Waals surface area contributed by atoms with Gasteiger partial charge in [-0.3, -0.25) is 4.68 Å². The summed E-state index contributed by atoms with van der Waals surface area (Å²) in [7, 11) is 1.81. The van der Waals surface area contributed by atoms with E-state index in [1.165, 1.54) is 0 Å². The monoisotopic (exact) mass is 296 g/mol. The molecule has 0 fully saturated rings. The van der Waals surface area contributed by atoms with E-state index in [0.717, 1.165) is 13.1 Å². The molecule has 0 bridgehead atoms. The molecule has 2 rings (SSSR count). The third-order valence-electron chi connectivity index (χ3n) is 2.69. The topological polar surface area (TPSA) is 84.7 Å². The molecule has 0 unspecified atom stereocenters. The Bertz CT molecular complexity index is 565. The molecule has 0 saturated heterocycles. The van der Waals surface area contributed by atoms with Crippen molar-refractivity contribution in [2.75, 3.05) is 23.3 Å². The minimum absolute atomic E-state index is 0.165. The van der Waals surface area contributed by atoms with Crippen LogP contribution in [0.3, 0.4) is 0 Å². The van der Waals surface area contributed by atoms with Crippen molar-refractivity contribution in [1.29, 1.82) is 0 Å². The minimum Gasteiger partial charge on any atom is -0.347 e. The number of hydrogen-bond donors (Lipinski definition) is 1. The molecule has 2 aromatic heterocycles. The van der Waals surface area contributed by atoms with Gasteiger partial charge in [-0.25, -0.2) is 4.98 Å². The van der Waals surface area contributed by atoms with Gasteiger partial charge in [0.05, 0.1) is 6.54 Å². The minimum atomic E-state index is 0.165. The number of nitrogens with zero attached hydrogens (tertiary/aromatic N) is 7. The Morgan fingerprint density at radius 1 is 1.25 bits per heavy atom. The number of hydrogen-bond acceptors (Lipinski definition) is 7. The zero-order chi connectivity index (χ0) is 14.5. The van der Waals surface area contributed by atoms with Crippen molar-refractivity contribution < 1.29 is 0 Å². The Morgan fingerprint density at radius 3 is 2.60 bits per heavy atom. The van der Waals surface area contributed by atoms with Crippen molar-refractivity contribution >= 4 is 23.5 Å². The fourth-order valence-corrected chi connectivity index (χ4v) is 1.85. The lowest BCUT2D eigenvalue weighted by Gasteiger charge is -2.18. The summed E-state index contributed by atoms with van der Waals surface area (Å²) in [5.41, 5.74) is 0. The molecule has 20 heavy (non-hydrogen) atoms. The average Bonchev–Trinajstić information content (AvgIpc) is 2.83. The normalized spacial score (nSPS) is 10.6. The third-order valence-corrected chi connectivity index (χ3v) is 2.86. The molecule has 0 aliphatic carbocycles. The van der Waals surface area contributed by atoms with Gasteiger partial charge in [-0.15, -0.1) is 0 Å². The predicted molar refractivity (Wildman–Crippen MR) is 76.7 cm³/mol. The highest BCUT2D eigenvalue weighted by Gasteiger charge is 2.10. The van der Waals surface area contributed by atoms with Crippen LogP contribution in [-0.2, 0) is 13.6 Å². The highest BCUT2D eigenvalue weighted by atomic mass is 35.5. The van der Waals surface area contributed by atoms with Crippen LogP contribution in [0, 0.1) is 0 Å².